The van der Waals surface area contributed by atoms with E-state index in [0.29, 0.717) is 26.8 Å². The molecule has 3 rings (SSSR count). The number of aliphatic hydroxyl groups excluding tert-OH is 1. The first-order valence-corrected chi connectivity index (χ1v) is 9.96. The second-order valence-electron chi connectivity index (χ2n) is 6.65. The van der Waals surface area contributed by atoms with E-state index in [1.54, 1.807) is 37.3 Å². The van der Waals surface area contributed by atoms with Gasteiger partial charge in [0.15, 0.2) is 0 Å². The van der Waals surface area contributed by atoms with Crippen molar-refractivity contribution in [3.63, 3.8) is 0 Å². The summed E-state index contributed by atoms with van der Waals surface area (Å²) in [7, 11) is 1.50. The Morgan fingerprint density at radius 2 is 2.03 bits per heavy atom. The molecule has 0 aliphatic rings. The zero-order valence-electron chi connectivity index (χ0n) is 16.4. The Balaban J connectivity index is 1.97. The monoisotopic (exact) mass is 428 g/mol. The van der Waals surface area contributed by atoms with Crippen LogP contribution in [0.1, 0.15) is 39.3 Å². The van der Waals surface area contributed by atoms with Crippen LogP contribution in [0.4, 0.5) is 15.2 Å². The summed E-state index contributed by atoms with van der Waals surface area (Å²) in [4.78, 5) is 28.4. The molecule has 5 N–H and O–H groups in total. The van der Waals surface area contributed by atoms with Crippen molar-refractivity contribution in [2.75, 3.05) is 19.0 Å². The molecule has 2 amide bonds. The van der Waals surface area contributed by atoms with E-state index in [4.69, 9.17) is 5.73 Å². The van der Waals surface area contributed by atoms with Crippen molar-refractivity contribution < 1.29 is 19.1 Å². The Hall–Kier alpha value is -3.30. The molecule has 2 heterocycles. The van der Waals surface area contributed by atoms with Gasteiger partial charge >= 0.3 is 0 Å². The number of nitrogens with zero attached hydrogens (tertiary/aromatic N) is 1. The predicted octanol–water partition coefficient (Wildman–Crippen LogP) is 3.25. The lowest BCUT2D eigenvalue weighted by atomic mass is 9.99. The average molecular weight is 428 g/mol. The number of thiophene rings is 1. The lowest BCUT2D eigenvalue weighted by molar-refractivity contribution is 0.0956. The number of hydrogen-bond donors (Lipinski definition) is 4. The van der Waals surface area contributed by atoms with E-state index in [1.165, 1.54) is 19.2 Å². The number of primary amides is 1. The Kier molecular flexibility index (Phi) is 6.43. The number of pyridine rings is 1. The zero-order chi connectivity index (χ0) is 21.8. The van der Waals surface area contributed by atoms with Crippen LogP contribution < -0.4 is 16.4 Å². The quantitative estimate of drug-likeness (QED) is 0.461. The highest BCUT2D eigenvalue weighted by atomic mass is 32.1. The highest BCUT2D eigenvalue weighted by Crippen LogP contribution is 2.38. The summed E-state index contributed by atoms with van der Waals surface area (Å²) in [6.45, 7) is 1.71. The molecule has 0 spiro atoms. The summed E-state index contributed by atoms with van der Waals surface area (Å²) in [5, 5.41) is 15.1. The number of nitrogens with two attached hydrogens (primary N) is 1. The molecule has 0 aliphatic carbocycles. The lowest BCUT2D eigenvalue weighted by Gasteiger charge is -2.09. The van der Waals surface area contributed by atoms with Crippen LogP contribution in [0.2, 0.25) is 0 Å². The number of aliphatic hydroxyl groups is 1. The van der Waals surface area contributed by atoms with E-state index in [-0.39, 0.29) is 29.7 Å². The number of hydrogen-bond acceptors (Lipinski definition) is 6. The van der Waals surface area contributed by atoms with Gasteiger partial charge in [0, 0.05) is 30.0 Å². The molecule has 0 radical (unpaired) electrons. The van der Waals surface area contributed by atoms with E-state index < -0.39 is 11.7 Å². The maximum Gasteiger partial charge on any atom is 0.269 e. The first-order chi connectivity index (χ1) is 14.3. The minimum atomic E-state index is -0.673. The maximum absolute atomic E-state index is 14.7. The number of carbonyl (C=O) groups excluding carboxylic acids is 2. The Morgan fingerprint density at radius 1 is 1.27 bits per heavy atom. The number of benzene rings is 1. The second kappa shape index (κ2) is 9.02. The van der Waals surface area contributed by atoms with Gasteiger partial charge in [0.2, 0.25) is 0 Å². The third-order valence-electron chi connectivity index (χ3n) is 4.55. The summed E-state index contributed by atoms with van der Waals surface area (Å²) < 4.78 is 14.7. The van der Waals surface area contributed by atoms with E-state index in [0.717, 1.165) is 11.3 Å². The smallest absolute Gasteiger partial charge is 0.269 e. The summed E-state index contributed by atoms with van der Waals surface area (Å²) in [5.41, 5.74) is 6.89. The van der Waals surface area contributed by atoms with Crippen LogP contribution >= 0.6 is 11.3 Å². The molecule has 156 valence electrons. The van der Waals surface area contributed by atoms with Crippen LogP contribution in [0.3, 0.4) is 0 Å². The van der Waals surface area contributed by atoms with Gasteiger partial charge in [0.1, 0.15) is 22.3 Å². The first-order valence-electron chi connectivity index (χ1n) is 9.14. The minimum Gasteiger partial charge on any atom is -0.396 e. The third-order valence-corrected chi connectivity index (χ3v) is 5.63. The molecular formula is C21H21FN4O3S. The predicted molar refractivity (Wildman–Crippen MR) is 115 cm³/mol. The number of anilines is 2. The van der Waals surface area contributed by atoms with Gasteiger partial charge in [-0.25, -0.2) is 9.37 Å². The molecule has 3 aromatic rings. The van der Waals surface area contributed by atoms with Crippen molar-refractivity contribution in [3.05, 3.63) is 65.1 Å². The summed E-state index contributed by atoms with van der Waals surface area (Å²) in [5.74, 6) is -1.32. The second-order valence-corrected chi connectivity index (χ2v) is 7.70. The van der Waals surface area contributed by atoms with Gasteiger partial charge < -0.3 is 21.5 Å². The van der Waals surface area contributed by atoms with Gasteiger partial charge in [-0.05, 0) is 29.8 Å². The van der Waals surface area contributed by atoms with E-state index in [2.05, 4.69) is 15.6 Å². The molecule has 7 nitrogen and oxygen atoms in total. The Labute approximate surface area is 176 Å². The van der Waals surface area contributed by atoms with Crippen LogP contribution in [0.5, 0.6) is 0 Å². The molecule has 1 unspecified atom stereocenters. The van der Waals surface area contributed by atoms with Crippen molar-refractivity contribution in [2.24, 2.45) is 5.73 Å². The number of carbonyl (C=O) groups is 2. The standard InChI is InChI=1S/C21H21FN4O3S/c1-11(10-27)12-6-7-13(15(22)8-12)17-9-14(19(23)28)21(30-17)26-18-5-3-4-16(25-18)20(29)24-2/h3-9,11,27H,10H2,1-2H3,(H2,23,28)(H,24,29)(H,25,26). The van der Waals surface area contributed by atoms with Crippen LogP contribution in [-0.2, 0) is 0 Å². The first kappa shape index (κ1) is 21.4. The molecule has 2 aromatic heterocycles. The summed E-state index contributed by atoms with van der Waals surface area (Å²) in [6, 6.07) is 11.1. The highest BCUT2D eigenvalue weighted by Gasteiger charge is 2.19. The fourth-order valence-electron chi connectivity index (χ4n) is 2.82. The molecule has 0 saturated heterocycles. The number of rotatable bonds is 7. The largest absolute Gasteiger partial charge is 0.396 e. The SMILES string of the molecule is CNC(=O)c1cccc(Nc2sc(-c3ccc(C(C)CO)cc3F)cc2C(N)=O)n1. The van der Waals surface area contributed by atoms with E-state index in [1.807, 2.05) is 0 Å². The van der Waals surface area contributed by atoms with Crippen LogP contribution in [0, 0.1) is 5.82 Å². The van der Waals surface area contributed by atoms with Crippen molar-refractivity contribution in [1.29, 1.82) is 0 Å². The molecule has 30 heavy (non-hydrogen) atoms. The van der Waals surface area contributed by atoms with Gasteiger partial charge in [-0.2, -0.15) is 0 Å². The number of aromatic nitrogens is 1. The van der Waals surface area contributed by atoms with Crippen molar-refractivity contribution in [2.45, 2.75) is 12.8 Å². The molecule has 0 bridgehead atoms. The fourth-order valence-corrected chi connectivity index (χ4v) is 3.92. The number of halogens is 1. The van der Waals surface area contributed by atoms with Crippen molar-refractivity contribution in [1.82, 2.24) is 10.3 Å². The molecule has 0 saturated carbocycles. The van der Waals surface area contributed by atoms with Gasteiger partial charge in [0.05, 0.1) is 5.56 Å². The van der Waals surface area contributed by atoms with E-state index >= 15 is 0 Å². The molecular weight excluding hydrogens is 407 g/mol. The third kappa shape index (κ3) is 4.47. The Bertz CT molecular complexity index is 1100. The maximum atomic E-state index is 14.7. The van der Waals surface area contributed by atoms with E-state index in [9.17, 15) is 19.1 Å². The minimum absolute atomic E-state index is 0.0835. The topological polar surface area (TPSA) is 117 Å². The molecule has 1 atom stereocenters. The van der Waals surface area contributed by atoms with Gasteiger partial charge in [-0.15, -0.1) is 11.3 Å². The molecule has 9 heteroatoms. The van der Waals surface area contributed by atoms with Crippen LogP contribution in [-0.4, -0.2) is 35.6 Å². The van der Waals surface area contributed by atoms with Crippen LogP contribution in [0.15, 0.2) is 42.5 Å². The van der Waals surface area contributed by atoms with Gasteiger partial charge in [-0.1, -0.05) is 25.1 Å². The highest BCUT2D eigenvalue weighted by molar-refractivity contribution is 7.19. The normalized spacial score (nSPS) is 11.7. The van der Waals surface area contributed by atoms with Crippen molar-refractivity contribution in [3.8, 4) is 10.4 Å². The Morgan fingerprint density at radius 3 is 2.67 bits per heavy atom. The summed E-state index contributed by atoms with van der Waals surface area (Å²) in [6.07, 6.45) is 0. The fraction of sp³-hybridized carbons (Fsp3) is 0.190. The number of amides is 2. The number of nitrogens with one attached hydrogen (secondary N) is 2. The molecule has 0 aliphatic heterocycles. The molecule has 1 aromatic carbocycles. The lowest BCUT2D eigenvalue weighted by Crippen LogP contribution is -2.19. The van der Waals surface area contributed by atoms with Gasteiger partial charge in [0.25, 0.3) is 11.8 Å². The molecule has 0 fully saturated rings. The van der Waals surface area contributed by atoms with Crippen molar-refractivity contribution >= 4 is 34.0 Å². The van der Waals surface area contributed by atoms with Gasteiger partial charge in [-0.3, -0.25) is 9.59 Å². The average Bonchev–Trinajstić information content (AvgIpc) is 3.16. The zero-order valence-corrected chi connectivity index (χ0v) is 17.2. The van der Waals surface area contributed by atoms with Crippen LogP contribution in [0.25, 0.3) is 10.4 Å². The summed E-state index contributed by atoms with van der Waals surface area (Å²) >= 11 is 1.15.